The molecule has 0 saturated carbocycles. The number of methoxy groups -OCH3 is 1. The third kappa shape index (κ3) is 4.25. The number of nitrogens with one attached hydrogen (secondary N) is 2. The van der Waals surface area contributed by atoms with E-state index < -0.39 is 0 Å². The van der Waals surface area contributed by atoms with Gasteiger partial charge in [-0.2, -0.15) is 0 Å². The standard InChI is InChI=1S/C19H15Cl2N3O2/c1-26-17-5-3-2-4-15(17)24-19(25)12-6-9-18(22-11-12)23-16-10-13(20)7-8-14(16)21/h2-11H,1H3,(H,22,23)(H,24,25). The molecule has 0 atom stereocenters. The Labute approximate surface area is 160 Å². The van der Waals surface area contributed by atoms with Crippen LogP contribution in [0.25, 0.3) is 0 Å². The minimum Gasteiger partial charge on any atom is -0.495 e. The SMILES string of the molecule is COc1ccccc1NC(=O)c1ccc(Nc2cc(Cl)ccc2Cl)nc1. The molecule has 7 heteroatoms. The first kappa shape index (κ1) is 18.0. The lowest BCUT2D eigenvalue weighted by atomic mass is 10.2. The van der Waals surface area contributed by atoms with Crippen LogP contribution in [0.15, 0.2) is 60.8 Å². The summed E-state index contributed by atoms with van der Waals surface area (Å²) in [6.07, 6.45) is 1.48. The summed E-state index contributed by atoms with van der Waals surface area (Å²) in [4.78, 5) is 16.6. The Morgan fingerprint density at radius 2 is 1.85 bits per heavy atom. The van der Waals surface area contributed by atoms with Crippen molar-refractivity contribution in [1.29, 1.82) is 0 Å². The van der Waals surface area contributed by atoms with Crippen molar-refractivity contribution in [3.8, 4) is 5.75 Å². The van der Waals surface area contributed by atoms with E-state index in [4.69, 9.17) is 27.9 Å². The summed E-state index contributed by atoms with van der Waals surface area (Å²) in [7, 11) is 1.55. The van der Waals surface area contributed by atoms with Gasteiger partial charge >= 0.3 is 0 Å². The van der Waals surface area contributed by atoms with E-state index in [1.54, 1.807) is 49.6 Å². The zero-order valence-corrected chi connectivity index (χ0v) is 15.3. The van der Waals surface area contributed by atoms with Crippen molar-refractivity contribution < 1.29 is 9.53 Å². The highest BCUT2D eigenvalue weighted by Gasteiger charge is 2.10. The van der Waals surface area contributed by atoms with Gasteiger partial charge in [0.05, 0.1) is 29.1 Å². The Kier molecular flexibility index (Phi) is 5.61. The van der Waals surface area contributed by atoms with E-state index in [1.165, 1.54) is 6.20 Å². The van der Waals surface area contributed by atoms with E-state index in [0.717, 1.165) is 0 Å². The summed E-state index contributed by atoms with van der Waals surface area (Å²) in [6, 6.07) is 15.6. The van der Waals surface area contributed by atoms with Gasteiger partial charge in [0.1, 0.15) is 11.6 Å². The Bertz CT molecular complexity index is 930. The van der Waals surface area contributed by atoms with Gasteiger partial charge in [-0.15, -0.1) is 0 Å². The quantitative estimate of drug-likeness (QED) is 0.615. The van der Waals surface area contributed by atoms with Crippen LogP contribution in [0, 0.1) is 0 Å². The summed E-state index contributed by atoms with van der Waals surface area (Å²) in [5.41, 5.74) is 1.64. The number of rotatable bonds is 5. The summed E-state index contributed by atoms with van der Waals surface area (Å²) in [5.74, 6) is 0.847. The van der Waals surface area contributed by atoms with Crippen LogP contribution in [0.4, 0.5) is 17.2 Å². The first-order chi connectivity index (χ1) is 12.6. The average molecular weight is 388 g/mol. The second-order valence-corrected chi connectivity index (χ2v) is 6.18. The summed E-state index contributed by atoms with van der Waals surface area (Å²) in [5, 5.41) is 6.95. The molecule has 0 radical (unpaired) electrons. The third-order valence-electron chi connectivity index (χ3n) is 3.57. The topological polar surface area (TPSA) is 63.2 Å². The fourth-order valence-electron chi connectivity index (χ4n) is 2.28. The highest BCUT2D eigenvalue weighted by atomic mass is 35.5. The molecule has 132 valence electrons. The van der Waals surface area contributed by atoms with Gasteiger partial charge in [-0.25, -0.2) is 4.98 Å². The van der Waals surface area contributed by atoms with Crippen LogP contribution >= 0.6 is 23.2 Å². The van der Waals surface area contributed by atoms with Crippen LogP contribution < -0.4 is 15.4 Å². The maximum absolute atomic E-state index is 12.4. The highest BCUT2D eigenvalue weighted by Crippen LogP contribution is 2.28. The summed E-state index contributed by atoms with van der Waals surface area (Å²) < 4.78 is 5.22. The molecule has 0 unspecified atom stereocenters. The molecular formula is C19H15Cl2N3O2. The van der Waals surface area contributed by atoms with Crippen molar-refractivity contribution in [2.45, 2.75) is 0 Å². The Morgan fingerprint density at radius 1 is 1.04 bits per heavy atom. The predicted molar refractivity (Wildman–Crippen MR) is 105 cm³/mol. The minimum absolute atomic E-state index is 0.283. The van der Waals surface area contributed by atoms with Gasteiger partial charge < -0.3 is 15.4 Å². The maximum atomic E-state index is 12.4. The number of carbonyl (C=O) groups excluding carboxylic acids is 1. The number of carbonyl (C=O) groups is 1. The van der Waals surface area contributed by atoms with Gasteiger partial charge in [0.2, 0.25) is 0 Å². The van der Waals surface area contributed by atoms with Crippen molar-refractivity contribution in [3.05, 3.63) is 76.4 Å². The van der Waals surface area contributed by atoms with E-state index in [0.29, 0.717) is 38.6 Å². The Morgan fingerprint density at radius 3 is 2.58 bits per heavy atom. The predicted octanol–water partition coefficient (Wildman–Crippen LogP) is 5.39. The molecule has 3 rings (SSSR count). The van der Waals surface area contributed by atoms with Gasteiger partial charge in [-0.1, -0.05) is 35.3 Å². The number of halogens is 2. The molecule has 0 spiro atoms. The molecule has 5 nitrogen and oxygen atoms in total. The smallest absolute Gasteiger partial charge is 0.257 e. The molecule has 0 saturated heterocycles. The number of hydrogen-bond acceptors (Lipinski definition) is 4. The average Bonchev–Trinajstić information content (AvgIpc) is 2.65. The van der Waals surface area contributed by atoms with Crippen LogP contribution in [-0.2, 0) is 0 Å². The number of nitrogens with zero attached hydrogens (tertiary/aromatic N) is 1. The second kappa shape index (κ2) is 8.08. The van der Waals surface area contributed by atoms with Crippen LogP contribution in [0.3, 0.4) is 0 Å². The molecular weight excluding hydrogens is 373 g/mol. The molecule has 0 fully saturated rings. The van der Waals surface area contributed by atoms with Gasteiger partial charge in [-0.05, 0) is 42.5 Å². The number of hydrogen-bond donors (Lipinski definition) is 2. The first-order valence-electron chi connectivity index (χ1n) is 7.69. The minimum atomic E-state index is -0.283. The van der Waals surface area contributed by atoms with Gasteiger partial charge in [-0.3, -0.25) is 4.79 Å². The zero-order chi connectivity index (χ0) is 18.5. The van der Waals surface area contributed by atoms with E-state index >= 15 is 0 Å². The number of ether oxygens (including phenoxy) is 1. The second-order valence-electron chi connectivity index (χ2n) is 5.34. The van der Waals surface area contributed by atoms with Gasteiger partial charge in [0.25, 0.3) is 5.91 Å². The van der Waals surface area contributed by atoms with Crippen molar-refractivity contribution in [2.75, 3.05) is 17.7 Å². The molecule has 0 aliphatic heterocycles. The van der Waals surface area contributed by atoms with Crippen molar-refractivity contribution >= 4 is 46.3 Å². The highest BCUT2D eigenvalue weighted by molar-refractivity contribution is 6.35. The normalized spacial score (nSPS) is 10.3. The molecule has 1 amide bonds. The van der Waals surface area contributed by atoms with Crippen LogP contribution in [0.2, 0.25) is 10.0 Å². The molecule has 0 aliphatic rings. The largest absolute Gasteiger partial charge is 0.495 e. The van der Waals surface area contributed by atoms with Crippen LogP contribution in [0.1, 0.15) is 10.4 Å². The lowest BCUT2D eigenvalue weighted by Gasteiger charge is -2.11. The monoisotopic (exact) mass is 387 g/mol. The maximum Gasteiger partial charge on any atom is 0.257 e. The molecule has 0 bridgehead atoms. The first-order valence-corrected chi connectivity index (χ1v) is 8.45. The molecule has 1 heterocycles. The zero-order valence-electron chi connectivity index (χ0n) is 13.8. The number of aromatic nitrogens is 1. The summed E-state index contributed by atoms with van der Waals surface area (Å²) >= 11 is 12.1. The molecule has 26 heavy (non-hydrogen) atoms. The number of benzene rings is 2. The van der Waals surface area contributed by atoms with E-state index in [9.17, 15) is 4.79 Å². The number of amides is 1. The lowest BCUT2D eigenvalue weighted by molar-refractivity contribution is 0.102. The fraction of sp³-hybridized carbons (Fsp3) is 0.0526. The lowest BCUT2D eigenvalue weighted by Crippen LogP contribution is -2.13. The molecule has 1 aromatic heterocycles. The summed E-state index contributed by atoms with van der Waals surface area (Å²) in [6.45, 7) is 0. The molecule has 2 aromatic carbocycles. The molecule has 2 N–H and O–H groups in total. The number of anilines is 3. The Balaban J connectivity index is 1.73. The third-order valence-corrected chi connectivity index (χ3v) is 4.14. The van der Waals surface area contributed by atoms with E-state index in [1.807, 2.05) is 12.1 Å². The van der Waals surface area contributed by atoms with Crippen molar-refractivity contribution in [3.63, 3.8) is 0 Å². The number of para-hydroxylation sites is 2. The van der Waals surface area contributed by atoms with Gasteiger partial charge in [0, 0.05) is 11.2 Å². The molecule has 3 aromatic rings. The van der Waals surface area contributed by atoms with Gasteiger partial charge in [0.15, 0.2) is 0 Å². The van der Waals surface area contributed by atoms with Crippen LogP contribution in [0.5, 0.6) is 5.75 Å². The van der Waals surface area contributed by atoms with E-state index in [2.05, 4.69) is 15.6 Å². The van der Waals surface area contributed by atoms with E-state index in [-0.39, 0.29) is 5.91 Å². The van der Waals surface area contributed by atoms with Crippen LogP contribution in [-0.4, -0.2) is 18.0 Å². The Hall–Kier alpha value is -2.76. The molecule has 0 aliphatic carbocycles. The fourth-order valence-corrected chi connectivity index (χ4v) is 2.61. The number of pyridine rings is 1. The van der Waals surface area contributed by atoms with Crippen molar-refractivity contribution in [2.24, 2.45) is 0 Å². The van der Waals surface area contributed by atoms with Crippen molar-refractivity contribution in [1.82, 2.24) is 4.98 Å².